The largest absolute Gasteiger partial charge is 0.480 e. The van der Waals surface area contributed by atoms with Crippen molar-refractivity contribution in [1.29, 1.82) is 10.7 Å². The number of carboxylic acid groups (broad SMARTS) is 1. The molecule has 4 N–H and O–H groups in total. The second-order valence-electron chi connectivity index (χ2n) is 0.895. The zero-order valence-electron chi connectivity index (χ0n) is 4.66. The molecule has 0 aromatic carbocycles. The lowest BCUT2D eigenvalue weighted by atomic mass is 10.5. The van der Waals surface area contributed by atoms with Gasteiger partial charge in [0, 0.05) is 0 Å². The number of aliphatic carboxylic acids is 1. The Balaban J connectivity index is 0. The Kier molecular flexibility index (Phi) is 11.2. The summed E-state index contributed by atoms with van der Waals surface area (Å²) in [7, 11) is 0. The molecular weight excluding hydrogens is 122 g/mol. The van der Waals surface area contributed by atoms with Gasteiger partial charge in [0.05, 0.1) is 12.4 Å². The van der Waals surface area contributed by atoms with E-state index in [4.69, 9.17) is 15.8 Å². The molecule has 0 aliphatic rings. The standard InChI is InChI=1S/C3H3NO2.CH4N2/c4-2-1-3(5)6;2-1-3/h1H2,(H,5,6);1H,(H3,2,3). The molecule has 0 rings (SSSR count). The van der Waals surface area contributed by atoms with E-state index in [-0.39, 0.29) is 0 Å². The topological polar surface area (TPSA) is 111 Å². The summed E-state index contributed by atoms with van der Waals surface area (Å²) in [5.74, 6) is -1.07. The second kappa shape index (κ2) is 9.66. The summed E-state index contributed by atoms with van der Waals surface area (Å²) in [6.45, 7) is 0. The summed E-state index contributed by atoms with van der Waals surface area (Å²) in [6, 6.07) is 1.47. The minimum Gasteiger partial charge on any atom is -0.480 e. The van der Waals surface area contributed by atoms with Crippen LogP contribution in [0.4, 0.5) is 0 Å². The third-order valence-corrected chi connectivity index (χ3v) is 0.230. The van der Waals surface area contributed by atoms with Crippen molar-refractivity contribution >= 4 is 12.3 Å². The fourth-order valence-electron chi connectivity index (χ4n) is 0.0676. The molecule has 0 spiro atoms. The van der Waals surface area contributed by atoms with Crippen LogP contribution >= 0.6 is 0 Å². The number of nitrogens with two attached hydrogens (primary N) is 1. The molecule has 0 bridgehead atoms. The van der Waals surface area contributed by atoms with Crippen LogP contribution in [0.2, 0.25) is 0 Å². The maximum Gasteiger partial charge on any atom is 0.317 e. The first-order valence-electron chi connectivity index (χ1n) is 1.98. The van der Waals surface area contributed by atoms with Gasteiger partial charge in [-0.05, 0) is 0 Å². The summed E-state index contributed by atoms with van der Waals surface area (Å²) in [5, 5.41) is 21.2. The molecule has 0 atom stereocenters. The number of hydrogen-bond donors (Lipinski definition) is 3. The second-order valence-corrected chi connectivity index (χ2v) is 0.895. The lowest BCUT2D eigenvalue weighted by Gasteiger charge is -1.70. The van der Waals surface area contributed by atoms with Crippen LogP contribution in [0.3, 0.4) is 0 Å². The molecular formula is C4H7N3O2. The Morgan fingerprint density at radius 2 is 2.33 bits per heavy atom. The van der Waals surface area contributed by atoms with Gasteiger partial charge in [-0.25, -0.2) is 0 Å². The Labute approximate surface area is 52.2 Å². The van der Waals surface area contributed by atoms with Gasteiger partial charge < -0.3 is 10.8 Å². The van der Waals surface area contributed by atoms with Crippen LogP contribution in [0, 0.1) is 16.7 Å². The molecule has 50 valence electrons. The minimum atomic E-state index is -1.07. The average Bonchev–Trinajstić information content (AvgIpc) is 1.67. The molecule has 0 saturated carbocycles. The van der Waals surface area contributed by atoms with Crippen LogP contribution in [0.15, 0.2) is 0 Å². The zero-order valence-corrected chi connectivity index (χ0v) is 4.66. The molecule has 0 aromatic rings. The normalized spacial score (nSPS) is 5.67. The van der Waals surface area contributed by atoms with Crippen LogP contribution in [0.5, 0.6) is 0 Å². The van der Waals surface area contributed by atoms with Crippen LogP contribution in [0.1, 0.15) is 6.42 Å². The van der Waals surface area contributed by atoms with Gasteiger partial charge in [0.1, 0.15) is 6.42 Å². The van der Waals surface area contributed by atoms with Gasteiger partial charge in [0.15, 0.2) is 0 Å². The third-order valence-electron chi connectivity index (χ3n) is 0.230. The van der Waals surface area contributed by atoms with E-state index in [1.54, 1.807) is 0 Å². The number of rotatable bonds is 1. The van der Waals surface area contributed by atoms with Crippen molar-refractivity contribution in [3.05, 3.63) is 0 Å². The highest BCUT2D eigenvalue weighted by Gasteiger charge is 1.87. The summed E-state index contributed by atoms with van der Waals surface area (Å²) in [5.41, 5.74) is 4.39. The van der Waals surface area contributed by atoms with Crippen molar-refractivity contribution in [3.63, 3.8) is 0 Å². The molecule has 0 aliphatic carbocycles. The van der Waals surface area contributed by atoms with E-state index in [1.807, 2.05) is 0 Å². The number of hydrogen-bond acceptors (Lipinski definition) is 3. The van der Waals surface area contributed by atoms with Gasteiger partial charge in [-0.15, -0.1) is 0 Å². The fraction of sp³-hybridized carbons (Fsp3) is 0.250. The maximum absolute atomic E-state index is 9.38. The molecule has 0 aromatic heterocycles. The fourth-order valence-corrected chi connectivity index (χ4v) is 0.0676. The molecule has 5 nitrogen and oxygen atoms in total. The lowest BCUT2D eigenvalue weighted by molar-refractivity contribution is -0.135. The SMILES string of the molecule is N#CCC(=O)O.N=CN. The van der Waals surface area contributed by atoms with Crippen molar-refractivity contribution in [3.8, 4) is 6.07 Å². The van der Waals surface area contributed by atoms with Crippen LogP contribution in [0.25, 0.3) is 0 Å². The number of nitrogens with one attached hydrogen (secondary N) is 1. The van der Waals surface area contributed by atoms with Crippen LogP contribution < -0.4 is 5.73 Å². The molecule has 0 amide bonds. The summed E-state index contributed by atoms with van der Waals surface area (Å²) >= 11 is 0. The van der Waals surface area contributed by atoms with E-state index in [2.05, 4.69) is 5.73 Å². The van der Waals surface area contributed by atoms with Crippen LogP contribution in [-0.4, -0.2) is 17.4 Å². The molecule has 0 aliphatic heterocycles. The van der Waals surface area contributed by atoms with E-state index in [0.29, 0.717) is 0 Å². The zero-order chi connectivity index (χ0) is 7.70. The lowest BCUT2D eigenvalue weighted by Crippen LogP contribution is -1.88. The summed E-state index contributed by atoms with van der Waals surface area (Å²) in [4.78, 5) is 9.38. The quantitative estimate of drug-likeness (QED) is 0.328. The van der Waals surface area contributed by atoms with Crippen molar-refractivity contribution in [2.45, 2.75) is 6.42 Å². The average molecular weight is 129 g/mol. The van der Waals surface area contributed by atoms with Gasteiger partial charge in [-0.3, -0.25) is 10.2 Å². The molecule has 0 unspecified atom stereocenters. The van der Waals surface area contributed by atoms with E-state index in [1.165, 1.54) is 6.07 Å². The maximum atomic E-state index is 9.38. The number of nitriles is 1. The van der Waals surface area contributed by atoms with Crippen LogP contribution in [-0.2, 0) is 4.79 Å². The first kappa shape index (κ1) is 10.4. The van der Waals surface area contributed by atoms with E-state index < -0.39 is 12.4 Å². The van der Waals surface area contributed by atoms with Crippen molar-refractivity contribution in [2.24, 2.45) is 5.73 Å². The highest BCUT2D eigenvalue weighted by atomic mass is 16.4. The predicted molar refractivity (Wildman–Crippen MR) is 30.8 cm³/mol. The van der Waals surface area contributed by atoms with Gasteiger partial charge in [0.2, 0.25) is 0 Å². The van der Waals surface area contributed by atoms with Gasteiger partial charge in [-0.2, -0.15) is 5.26 Å². The van der Waals surface area contributed by atoms with Gasteiger partial charge in [0.25, 0.3) is 0 Å². The number of carboxylic acids is 1. The third kappa shape index (κ3) is 61.7. The molecule has 0 radical (unpaired) electrons. The molecule has 9 heavy (non-hydrogen) atoms. The van der Waals surface area contributed by atoms with Gasteiger partial charge >= 0.3 is 5.97 Å². The summed E-state index contributed by atoms with van der Waals surface area (Å²) < 4.78 is 0. The Bertz CT molecular complexity index is 126. The predicted octanol–water partition coefficient (Wildman–Crippen LogP) is -0.463. The Morgan fingerprint density at radius 3 is 2.33 bits per heavy atom. The Morgan fingerprint density at radius 1 is 2.00 bits per heavy atom. The van der Waals surface area contributed by atoms with Crippen molar-refractivity contribution in [2.75, 3.05) is 0 Å². The van der Waals surface area contributed by atoms with E-state index in [9.17, 15) is 4.79 Å². The summed E-state index contributed by atoms with van der Waals surface area (Å²) in [6.07, 6.45) is 0.347. The van der Waals surface area contributed by atoms with E-state index >= 15 is 0 Å². The smallest absolute Gasteiger partial charge is 0.317 e. The number of nitrogens with zero attached hydrogens (tertiary/aromatic N) is 1. The number of carbonyl (C=O) groups is 1. The van der Waals surface area contributed by atoms with E-state index in [0.717, 1.165) is 6.34 Å². The minimum absolute atomic E-state index is 0.403. The first-order chi connectivity index (χ1) is 4.18. The van der Waals surface area contributed by atoms with Gasteiger partial charge in [-0.1, -0.05) is 0 Å². The molecule has 0 fully saturated rings. The van der Waals surface area contributed by atoms with Crippen molar-refractivity contribution in [1.82, 2.24) is 0 Å². The first-order valence-corrected chi connectivity index (χ1v) is 1.98. The highest BCUT2D eigenvalue weighted by molar-refractivity contribution is 5.69. The highest BCUT2D eigenvalue weighted by Crippen LogP contribution is 1.68. The monoisotopic (exact) mass is 129 g/mol. The molecule has 0 heterocycles. The Hall–Kier alpha value is -1.57. The molecule has 0 saturated heterocycles. The van der Waals surface area contributed by atoms with Crippen molar-refractivity contribution < 1.29 is 9.90 Å². The molecule has 5 heteroatoms.